The zero-order valence-electron chi connectivity index (χ0n) is 19.1. The SMILES string of the molecule is N#Cc1nc(N(NC(=O)c2ccc(CN3CCNCC3)cc2)C2CCCCC2)c2[nH]cnc2n1. The van der Waals surface area contributed by atoms with Crippen molar-refractivity contribution in [1.29, 1.82) is 5.26 Å². The standard InChI is InChI=1S/C24H29N9O/c25-14-20-29-22-21(27-16-28-22)23(30-20)33(19-4-2-1-3-5-19)31-24(34)18-8-6-17(7-9-18)15-32-12-10-26-11-13-32/h6-9,16,19,26H,1-5,10-13,15H2,(H,31,34)(H,27,28,29,30). The number of anilines is 1. The van der Waals surface area contributed by atoms with Crippen LogP contribution in [0.4, 0.5) is 5.82 Å². The number of hydrogen-bond donors (Lipinski definition) is 3. The fourth-order valence-electron chi connectivity index (χ4n) is 4.76. The number of hydrogen-bond acceptors (Lipinski definition) is 8. The van der Waals surface area contributed by atoms with Crippen LogP contribution in [-0.2, 0) is 6.54 Å². The second-order valence-corrected chi connectivity index (χ2v) is 8.91. The first kappa shape index (κ1) is 22.3. The van der Waals surface area contributed by atoms with Crippen molar-refractivity contribution in [2.75, 3.05) is 31.2 Å². The molecule has 1 aliphatic heterocycles. The van der Waals surface area contributed by atoms with Gasteiger partial charge in [0.25, 0.3) is 5.91 Å². The number of imidazole rings is 1. The largest absolute Gasteiger partial charge is 0.340 e. The van der Waals surface area contributed by atoms with Crippen molar-refractivity contribution in [2.24, 2.45) is 0 Å². The van der Waals surface area contributed by atoms with Crippen LogP contribution < -0.4 is 15.8 Å². The maximum Gasteiger partial charge on any atom is 0.269 e. The van der Waals surface area contributed by atoms with E-state index >= 15 is 0 Å². The van der Waals surface area contributed by atoms with Gasteiger partial charge >= 0.3 is 0 Å². The molecule has 2 aliphatic rings. The second-order valence-electron chi connectivity index (χ2n) is 8.91. The molecule has 3 N–H and O–H groups in total. The lowest BCUT2D eigenvalue weighted by Gasteiger charge is -2.35. The number of H-pyrrole nitrogens is 1. The molecule has 0 bridgehead atoms. The fraction of sp³-hybridized carbons (Fsp3) is 0.458. The normalized spacial score (nSPS) is 17.4. The predicted octanol–water partition coefficient (Wildman–Crippen LogP) is 2.11. The van der Waals surface area contributed by atoms with Gasteiger partial charge in [-0.05, 0) is 30.5 Å². The summed E-state index contributed by atoms with van der Waals surface area (Å²) in [4.78, 5) is 31.6. The molecule has 1 aliphatic carbocycles. The van der Waals surface area contributed by atoms with E-state index in [0.29, 0.717) is 22.5 Å². The molecule has 0 spiro atoms. The van der Waals surface area contributed by atoms with Crippen molar-refractivity contribution in [3.05, 3.63) is 47.5 Å². The van der Waals surface area contributed by atoms with Crippen molar-refractivity contribution in [1.82, 2.24) is 35.6 Å². The summed E-state index contributed by atoms with van der Waals surface area (Å²) in [5, 5.41) is 14.6. The number of aromatic amines is 1. The van der Waals surface area contributed by atoms with Crippen molar-refractivity contribution < 1.29 is 4.79 Å². The Hall–Kier alpha value is -3.55. The number of carbonyl (C=O) groups excluding carboxylic acids is 1. The fourth-order valence-corrected chi connectivity index (χ4v) is 4.76. The highest BCUT2D eigenvalue weighted by atomic mass is 16.2. The molecule has 3 heterocycles. The summed E-state index contributed by atoms with van der Waals surface area (Å²) in [7, 11) is 0. The highest BCUT2D eigenvalue weighted by Crippen LogP contribution is 2.28. The Bertz CT molecular complexity index is 1170. The Morgan fingerprint density at radius 2 is 1.91 bits per heavy atom. The molecule has 10 nitrogen and oxygen atoms in total. The van der Waals surface area contributed by atoms with E-state index in [2.05, 4.69) is 35.6 Å². The smallest absolute Gasteiger partial charge is 0.269 e. The van der Waals surface area contributed by atoms with Crippen LogP contribution in [0.2, 0.25) is 0 Å². The maximum absolute atomic E-state index is 13.3. The van der Waals surface area contributed by atoms with Gasteiger partial charge in [0, 0.05) is 38.3 Å². The first-order chi connectivity index (χ1) is 16.7. The van der Waals surface area contributed by atoms with Gasteiger partial charge in [0.15, 0.2) is 11.5 Å². The maximum atomic E-state index is 13.3. The third-order valence-corrected chi connectivity index (χ3v) is 6.59. The third-order valence-electron chi connectivity index (χ3n) is 6.59. The number of amides is 1. The van der Waals surface area contributed by atoms with Gasteiger partial charge in [-0.15, -0.1) is 0 Å². The number of rotatable bonds is 6. The molecule has 3 aromatic rings. The Labute approximate surface area is 198 Å². The van der Waals surface area contributed by atoms with E-state index in [1.54, 1.807) is 0 Å². The zero-order chi connectivity index (χ0) is 23.3. The minimum absolute atomic E-state index is 0.0296. The summed E-state index contributed by atoms with van der Waals surface area (Å²) < 4.78 is 0. The van der Waals surface area contributed by atoms with Crippen molar-refractivity contribution in [3.63, 3.8) is 0 Å². The van der Waals surface area contributed by atoms with Gasteiger partial charge in [0.2, 0.25) is 5.82 Å². The van der Waals surface area contributed by atoms with E-state index in [-0.39, 0.29) is 17.8 Å². The summed E-state index contributed by atoms with van der Waals surface area (Å²) in [6, 6.07) is 9.88. The van der Waals surface area contributed by atoms with E-state index in [4.69, 9.17) is 0 Å². The highest BCUT2D eigenvalue weighted by Gasteiger charge is 2.28. The number of carbonyl (C=O) groups is 1. The second kappa shape index (κ2) is 10.2. The average molecular weight is 460 g/mol. The molecule has 1 saturated carbocycles. The summed E-state index contributed by atoms with van der Waals surface area (Å²) >= 11 is 0. The molecule has 0 radical (unpaired) electrons. The van der Waals surface area contributed by atoms with Gasteiger partial charge in [0.1, 0.15) is 11.6 Å². The van der Waals surface area contributed by atoms with E-state index < -0.39 is 0 Å². The van der Waals surface area contributed by atoms with Gasteiger partial charge in [-0.2, -0.15) is 15.2 Å². The molecule has 1 amide bonds. The highest BCUT2D eigenvalue weighted by molar-refractivity contribution is 5.96. The van der Waals surface area contributed by atoms with E-state index in [1.165, 1.54) is 18.3 Å². The summed E-state index contributed by atoms with van der Waals surface area (Å²) in [6.45, 7) is 4.97. The Morgan fingerprint density at radius 1 is 1.15 bits per heavy atom. The number of nitrogens with one attached hydrogen (secondary N) is 3. The number of fused-ring (bicyclic) bond motifs is 1. The summed E-state index contributed by atoms with van der Waals surface area (Å²) in [5.41, 5.74) is 5.87. The number of piperazine rings is 1. The molecule has 0 atom stereocenters. The topological polar surface area (TPSA) is 126 Å². The van der Waals surface area contributed by atoms with Gasteiger partial charge < -0.3 is 10.3 Å². The number of nitrogens with zero attached hydrogens (tertiary/aromatic N) is 6. The number of hydrazine groups is 1. The van der Waals surface area contributed by atoms with Gasteiger partial charge in [-0.25, -0.2) is 4.98 Å². The Morgan fingerprint density at radius 3 is 2.65 bits per heavy atom. The minimum atomic E-state index is -0.205. The van der Waals surface area contributed by atoms with Gasteiger partial charge in [-0.1, -0.05) is 31.4 Å². The molecule has 34 heavy (non-hydrogen) atoms. The van der Waals surface area contributed by atoms with Crippen LogP contribution in [0.15, 0.2) is 30.6 Å². The van der Waals surface area contributed by atoms with Crippen LogP contribution in [0.3, 0.4) is 0 Å². The molecule has 5 rings (SSSR count). The molecule has 10 heteroatoms. The van der Waals surface area contributed by atoms with Crippen molar-refractivity contribution >= 4 is 22.9 Å². The van der Waals surface area contributed by atoms with Gasteiger partial charge in [0.05, 0.1) is 12.4 Å². The van der Waals surface area contributed by atoms with Crippen LogP contribution in [0.25, 0.3) is 11.2 Å². The van der Waals surface area contributed by atoms with Crippen molar-refractivity contribution in [3.8, 4) is 6.07 Å². The zero-order valence-corrected chi connectivity index (χ0v) is 19.1. The molecular formula is C24H29N9O. The molecule has 0 unspecified atom stereocenters. The number of benzene rings is 1. The average Bonchev–Trinajstić information content (AvgIpc) is 3.37. The summed E-state index contributed by atoms with van der Waals surface area (Å²) in [5.74, 6) is 0.306. The lowest BCUT2D eigenvalue weighted by atomic mass is 9.95. The van der Waals surface area contributed by atoms with E-state index in [9.17, 15) is 10.1 Å². The first-order valence-corrected chi connectivity index (χ1v) is 11.9. The molecule has 2 aromatic heterocycles. The quantitative estimate of drug-likeness (QED) is 0.479. The minimum Gasteiger partial charge on any atom is -0.340 e. The lowest BCUT2D eigenvalue weighted by Crippen LogP contribution is -2.50. The molecule has 1 saturated heterocycles. The monoisotopic (exact) mass is 459 g/mol. The van der Waals surface area contributed by atoms with Gasteiger partial charge in [-0.3, -0.25) is 20.1 Å². The Kier molecular flexibility index (Phi) is 6.65. The third kappa shape index (κ3) is 4.85. The predicted molar refractivity (Wildman–Crippen MR) is 128 cm³/mol. The summed E-state index contributed by atoms with van der Waals surface area (Å²) in [6.07, 6.45) is 6.75. The molecule has 176 valence electrons. The van der Waals surface area contributed by atoms with E-state index in [1.807, 2.05) is 35.3 Å². The van der Waals surface area contributed by atoms with E-state index in [0.717, 1.165) is 58.4 Å². The van der Waals surface area contributed by atoms with Crippen LogP contribution >= 0.6 is 0 Å². The van der Waals surface area contributed by atoms with Crippen LogP contribution in [-0.4, -0.2) is 63.0 Å². The lowest BCUT2D eigenvalue weighted by molar-refractivity contribution is 0.0941. The first-order valence-electron chi connectivity index (χ1n) is 11.9. The Balaban J connectivity index is 1.38. The van der Waals surface area contributed by atoms with Crippen molar-refractivity contribution in [2.45, 2.75) is 44.7 Å². The molecule has 2 fully saturated rings. The molecular weight excluding hydrogens is 430 g/mol. The van der Waals surface area contributed by atoms with Crippen LogP contribution in [0.1, 0.15) is 53.8 Å². The van der Waals surface area contributed by atoms with Crippen LogP contribution in [0, 0.1) is 11.3 Å². The molecule has 1 aromatic carbocycles. The number of aromatic nitrogens is 4. The van der Waals surface area contributed by atoms with Crippen LogP contribution in [0.5, 0.6) is 0 Å². The number of nitriles is 1.